The number of fused-ring (bicyclic) bond motifs is 1. The van der Waals surface area contributed by atoms with E-state index >= 15 is 0 Å². The molecule has 0 saturated carbocycles. The summed E-state index contributed by atoms with van der Waals surface area (Å²) < 4.78 is 14.4. The zero-order valence-electron chi connectivity index (χ0n) is 11.6. The average molecular weight is 320 g/mol. The van der Waals surface area contributed by atoms with Crippen molar-refractivity contribution in [1.29, 1.82) is 0 Å². The molecule has 0 aliphatic carbocycles. The van der Waals surface area contributed by atoms with Crippen molar-refractivity contribution >= 4 is 33.0 Å². The number of benzene rings is 2. The first-order valence-electron chi connectivity index (χ1n) is 6.80. The van der Waals surface area contributed by atoms with Gasteiger partial charge in [-0.3, -0.25) is 0 Å². The second-order valence-electron chi connectivity index (χ2n) is 4.99. The predicted molar refractivity (Wildman–Crippen MR) is 88.5 cm³/mol. The first kappa shape index (κ1) is 14.5. The Hall–Kier alpha value is -1.42. The highest BCUT2D eigenvalue weighted by atomic mass is 35.5. The maximum atomic E-state index is 13.2. The van der Waals surface area contributed by atoms with E-state index in [1.165, 1.54) is 10.8 Å². The largest absolute Gasteiger partial charge is 0.305 e. The topological polar surface area (TPSA) is 12.0 Å². The molecule has 3 aromatic rings. The van der Waals surface area contributed by atoms with E-state index in [1.807, 2.05) is 31.2 Å². The summed E-state index contributed by atoms with van der Waals surface area (Å²) in [4.78, 5) is 1.11. The summed E-state index contributed by atoms with van der Waals surface area (Å²) >= 11 is 8.12. The highest BCUT2D eigenvalue weighted by Gasteiger charge is 2.11. The number of hydrogen-bond donors (Lipinski definition) is 1. The fourth-order valence-electron chi connectivity index (χ4n) is 2.32. The lowest BCUT2D eigenvalue weighted by Crippen LogP contribution is -2.17. The summed E-state index contributed by atoms with van der Waals surface area (Å²) in [5.41, 5.74) is 0.937. The summed E-state index contributed by atoms with van der Waals surface area (Å²) in [6, 6.07) is 14.9. The van der Waals surface area contributed by atoms with Crippen molar-refractivity contribution in [3.63, 3.8) is 0 Å². The third kappa shape index (κ3) is 3.10. The molecule has 1 N–H and O–H groups in total. The van der Waals surface area contributed by atoms with Gasteiger partial charge in [-0.15, -0.1) is 11.3 Å². The van der Waals surface area contributed by atoms with E-state index in [2.05, 4.69) is 11.4 Å². The van der Waals surface area contributed by atoms with Gasteiger partial charge < -0.3 is 5.32 Å². The fourth-order valence-corrected chi connectivity index (χ4v) is 3.77. The van der Waals surface area contributed by atoms with Crippen molar-refractivity contribution in [2.24, 2.45) is 0 Å². The first-order valence-corrected chi connectivity index (χ1v) is 7.99. The number of halogens is 2. The number of nitrogens with one attached hydrogen (secondary N) is 1. The average Bonchev–Trinajstić information content (AvgIpc) is 2.82. The lowest BCUT2D eigenvalue weighted by molar-refractivity contribution is 0.568. The van der Waals surface area contributed by atoms with Gasteiger partial charge in [0.2, 0.25) is 0 Å². The third-order valence-electron chi connectivity index (χ3n) is 3.52. The van der Waals surface area contributed by atoms with Crippen LogP contribution in [0.25, 0.3) is 10.1 Å². The van der Waals surface area contributed by atoms with E-state index in [-0.39, 0.29) is 11.9 Å². The zero-order chi connectivity index (χ0) is 14.8. The molecule has 0 aliphatic rings. The molecule has 0 radical (unpaired) electrons. The van der Waals surface area contributed by atoms with E-state index < -0.39 is 0 Å². The van der Waals surface area contributed by atoms with Gasteiger partial charge in [0.15, 0.2) is 0 Å². The monoisotopic (exact) mass is 319 g/mol. The SMILES string of the molecule is C[C@@H](NCc1sc2ccccc2c1Cl)c1cccc(F)c1. The van der Waals surface area contributed by atoms with Crippen molar-refractivity contribution in [3.8, 4) is 0 Å². The number of rotatable bonds is 4. The minimum atomic E-state index is -0.207. The molecule has 0 unspecified atom stereocenters. The maximum absolute atomic E-state index is 13.2. The Balaban J connectivity index is 1.75. The lowest BCUT2D eigenvalue weighted by Gasteiger charge is -2.13. The van der Waals surface area contributed by atoms with Crippen molar-refractivity contribution < 1.29 is 4.39 Å². The van der Waals surface area contributed by atoms with E-state index in [1.54, 1.807) is 23.5 Å². The summed E-state index contributed by atoms with van der Waals surface area (Å²) in [5.74, 6) is -0.207. The maximum Gasteiger partial charge on any atom is 0.123 e. The van der Waals surface area contributed by atoms with E-state index in [9.17, 15) is 4.39 Å². The summed E-state index contributed by atoms with van der Waals surface area (Å²) in [5, 5.41) is 5.31. The van der Waals surface area contributed by atoms with Crippen molar-refractivity contribution in [3.05, 3.63) is 69.8 Å². The first-order chi connectivity index (χ1) is 10.1. The molecule has 1 aromatic heterocycles. The smallest absolute Gasteiger partial charge is 0.123 e. The summed E-state index contributed by atoms with van der Waals surface area (Å²) in [6.07, 6.45) is 0. The quantitative estimate of drug-likeness (QED) is 0.665. The van der Waals surface area contributed by atoms with Crippen LogP contribution in [0.1, 0.15) is 23.4 Å². The third-order valence-corrected chi connectivity index (χ3v) is 5.23. The lowest BCUT2D eigenvalue weighted by atomic mass is 10.1. The van der Waals surface area contributed by atoms with Crippen LogP contribution in [0.2, 0.25) is 5.02 Å². The Labute approximate surface area is 132 Å². The normalized spacial score (nSPS) is 12.7. The Bertz CT molecular complexity index is 768. The van der Waals surface area contributed by atoms with E-state index in [0.717, 1.165) is 20.8 Å². The van der Waals surface area contributed by atoms with Crippen LogP contribution in [0.3, 0.4) is 0 Å². The van der Waals surface area contributed by atoms with Crippen LogP contribution in [0.4, 0.5) is 4.39 Å². The van der Waals surface area contributed by atoms with Crippen LogP contribution in [-0.2, 0) is 6.54 Å². The molecule has 2 aromatic carbocycles. The van der Waals surface area contributed by atoms with Gasteiger partial charge in [0.1, 0.15) is 5.82 Å². The molecule has 0 aliphatic heterocycles. The number of hydrogen-bond acceptors (Lipinski definition) is 2. The molecule has 21 heavy (non-hydrogen) atoms. The van der Waals surface area contributed by atoms with E-state index in [4.69, 9.17) is 11.6 Å². The Morgan fingerprint density at radius 1 is 1.19 bits per heavy atom. The van der Waals surface area contributed by atoms with Crippen LogP contribution in [0.15, 0.2) is 48.5 Å². The molecule has 3 rings (SSSR count). The van der Waals surface area contributed by atoms with Gasteiger partial charge in [0.05, 0.1) is 5.02 Å². The van der Waals surface area contributed by atoms with E-state index in [0.29, 0.717) is 6.54 Å². The van der Waals surface area contributed by atoms with Crippen LogP contribution >= 0.6 is 22.9 Å². The Kier molecular flexibility index (Phi) is 4.24. The Morgan fingerprint density at radius 2 is 2.00 bits per heavy atom. The van der Waals surface area contributed by atoms with Gasteiger partial charge in [0.25, 0.3) is 0 Å². The van der Waals surface area contributed by atoms with Gasteiger partial charge in [-0.2, -0.15) is 0 Å². The van der Waals surface area contributed by atoms with Crippen molar-refractivity contribution in [2.45, 2.75) is 19.5 Å². The molecule has 1 nitrogen and oxygen atoms in total. The molecule has 0 spiro atoms. The minimum absolute atomic E-state index is 0.0713. The van der Waals surface area contributed by atoms with Gasteiger partial charge in [0, 0.05) is 27.5 Å². The molecule has 0 fully saturated rings. The molecule has 1 heterocycles. The molecule has 0 amide bonds. The molecular formula is C17H15ClFNS. The minimum Gasteiger partial charge on any atom is -0.305 e. The van der Waals surface area contributed by atoms with Crippen LogP contribution in [-0.4, -0.2) is 0 Å². The fraction of sp³-hybridized carbons (Fsp3) is 0.176. The standard InChI is InChI=1S/C17H15ClFNS/c1-11(12-5-4-6-13(19)9-12)20-10-16-17(18)14-7-2-3-8-15(14)21-16/h2-9,11,20H,10H2,1H3/t11-/m1/s1. The second-order valence-corrected chi connectivity index (χ2v) is 6.51. The van der Waals surface area contributed by atoms with Crippen molar-refractivity contribution in [2.75, 3.05) is 0 Å². The van der Waals surface area contributed by atoms with Gasteiger partial charge in [-0.25, -0.2) is 4.39 Å². The highest BCUT2D eigenvalue weighted by molar-refractivity contribution is 7.19. The van der Waals surface area contributed by atoms with Crippen LogP contribution in [0, 0.1) is 5.82 Å². The predicted octanol–water partition coefficient (Wildman–Crippen LogP) is 5.54. The molecule has 4 heteroatoms. The molecule has 0 saturated heterocycles. The zero-order valence-corrected chi connectivity index (χ0v) is 13.1. The summed E-state index contributed by atoms with van der Waals surface area (Å²) in [6.45, 7) is 2.70. The number of thiophene rings is 1. The molecule has 108 valence electrons. The molecule has 1 atom stereocenters. The highest BCUT2D eigenvalue weighted by Crippen LogP contribution is 2.35. The van der Waals surface area contributed by atoms with Crippen LogP contribution < -0.4 is 5.32 Å². The Morgan fingerprint density at radius 3 is 2.76 bits per heavy atom. The van der Waals surface area contributed by atoms with Crippen LogP contribution in [0.5, 0.6) is 0 Å². The second kappa shape index (κ2) is 6.14. The van der Waals surface area contributed by atoms with Crippen molar-refractivity contribution in [1.82, 2.24) is 5.32 Å². The van der Waals surface area contributed by atoms with Gasteiger partial charge in [-0.1, -0.05) is 41.9 Å². The van der Waals surface area contributed by atoms with Gasteiger partial charge >= 0.3 is 0 Å². The van der Waals surface area contributed by atoms with Gasteiger partial charge in [-0.05, 0) is 30.7 Å². The molecular weight excluding hydrogens is 305 g/mol. The molecule has 0 bridgehead atoms. The summed E-state index contributed by atoms with van der Waals surface area (Å²) in [7, 11) is 0.